The van der Waals surface area contributed by atoms with Crippen molar-refractivity contribution in [2.75, 3.05) is 26.2 Å². The Bertz CT molecular complexity index is 197. The van der Waals surface area contributed by atoms with E-state index in [1.165, 1.54) is 32.4 Å². The Labute approximate surface area is 95.2 Å². The van der Waals surface area contributed by atoms with Gasteiger partial charge in [0.1, 0.15) is 0 Å². The summed E-state index contributed by atoms with van der Waals surface area (Å²) in [5, 5.41) is 0. The molecule has 0 saturated carbocycles. The number of hydrogen-bond acceptors (Lipinski definition) is 2. The Balaban J connectivity index is 2.45. The molecule has 2 N–H and O–H groups in total. The van der Waals surface area contributed by atoms with Crippen LogP contribution in [-0.4, -0.2) is 31.1 Å². The molecule has 0 aromatic carbocycles. The van der Waals surface area contributed by atoms with E-state index in [1.54, 1.807) is 0 Å². The molecule has 0 bridgehead atoms. The Hall–Kier alpha value is -0.0800. The SMILES string of the molecule is CC1(C)CCCN(CC(C)(C)CN)CC1. The van der Waals surface area contributed by atoms with E-state index in [2.05, 4.69) is 32.6 Å². The lowest BCUT2D eigenvalue weighted by molar-refractivity contribution is 0.182. The third-order valence-electron chi connectivity index (χ3n) is 3.64. The monoisotopic (exact) mass is 212 g/mol. The second-order valence-electron chi connectivity index (χ2n) is 6.66. The fraction of sp³-hybridized carbons (Fsp3) is 1.00. The van der Waals surface area contributed by atoms with E-state index in [0.29, 0.717) is 5.41 Å². The highest BCUT2D eigenvalue weighted by Gasteiger charge is 2.26. The van der Waals surface area contributed by atoms with Gasteiger partial charge in [0.2, 0.25) is 0 Å². The van der Waals surface area contributed by atoms with Crippen LogP contribution >= 0.6 is 0 Å². The van der Waals surface area contributed by atoms with E-state index >= 15 is 0 Å². The molecule has 1 aliphatic heterocycles. The summed E-state index contributed by atoms with van der Waals surface area (Å²) in [6, 6.07) is 0. The van der Waals surface area contributed by atoms with Crippen LogP contribution in [0, 0.1) is 10.8 Å². The third-order valence-corrected chi connectivity index (χ3v) is 3.64. The summed E-state index contributed by atoms with van der Waals surface area (Å²) in [6.07, 6.45) is 4.04. The number of nitrogens with two attached hydrogens (primary N) is 1. The summed E-state index contributed by atoms with van der Waals surface area (Å²) in [5.74, 6) is 0. The smallest absolute Gasteiger partial charge is 0.00448 e. The first-order valence-corrected chi connectivity index (χ1v) is 6.27. The van der Waals surface area contributed by atoms with Gasteiger partial charge in [-0.3, -0.25) is 0 Å². The highest BCUT2D eigenvalue weighted by molar-refractivity contribution is 4.80. The first kappa shape index (κ1) is 13.0. The molecule has 2 nitrogen and oxygen atoms in total. The fourth-order valence-corrected chi connectivity index (χ4v) is 2.31. The van der Waals surface area contributed by atoms with Crippen molar-refractivity contribution < 1.29 is 0 Å². The molecule has 1 fully saturated rings. The van der Waals surface area contributed by atoms with Gasteiger partial charge in [0.05, 0.1) is 0 Å². The molecule has 0 aliphatic carbocycles. The van der Waals surface area contributed by atoms with Crippen molar-refractivity contribution in [3.63, 3.8) is 0 Å². The highest BCUT2D eigenvalue weighted by Crippen LogP contribution is 2.30. The maximum atomic E-state index is 5.79. The topological polar surface area (TPSA) is 29.3 Å². The molecule has 0 atom stereocenters. The second-order valence-corrected chi connectivity index (χ2v) is 6.66. The molecule has 0 aromatic rings. The quantitative estimate of drug-likeness (QED) is 0.779. The molecule has 1 aliphatic rings. The lowest BCUT2D eigenvalue weighted by Crippen LogP contribution is -2.39. The normalized spacial score (nSPS) is 23.8. The largest absolute Gasteiger partial charge is 0.330 e. The summed E-state index contributed by atoms with van der Waals surface area (Å²) >= 11 is 0. The van der Waals surface area contributed by atoms with Crippen molar-refractivity contribution >= 4 is 0 Å². The van der Waals surface area contributed by atoms with Gasteiger partial charge in [0.25, 0.3) is 0 Å². The van der Waals surface area contributed by atoms with Crippen molar-refractivity contribution in [1.82, 2.24) is 4.90 Å². The molecular formula is C13H28N2. The molecule has 90 valence electrons. The van der Waals surface area contributed by atoms with Crippen LogP contribution in [-0.2, 0) is 0 Å². The number of likely N-dealkylation sites (tertiary alicyclic amines) is 1. The van der Waals surface area contributed by atoms with Crippen LogP contribution in [0.2, 0.25) is 0 Å². The van der Waals surface area contributed by atoms with E-state index < -0.39 is 0 Å². The molecule has 0 unspecified atom stereocenters. The zero-order chi connectivity index (χ0) is 11.5. The van der Waals surface area contributed by atoms with Crippen LogP contribution < -0.4 is 5.73 Å². The first-order chi connectivity index (χ1) is 6.85. The molecular weight excluding hydrogens is 184 g/mol. The lowest BCUT2D eigenvalue weighted by Gasteiger charge is -2.31. The van der Waals surface area contributed by atoms with Gasteiger partial charge in [0, 0.05) is 6.54 Å². The highest BCUT2D eigenvalue weighted by atomic mass is 15.1. The standard InChI is InChI=1S/C13H28N2/c1-12(2)6-5-8-15(9-7-12)11-13(3,4)10-14/h5-11,14H2,1-4H3. The number of hydrogen-bond donors (Lipinski definition) is 1. The maximum Gasteiger partial charge on any atom is 0.00448 e. The zero-order valence-corrected chi connectivity index (χ0v) is 11.0. The minimum Gasteiger partial charge on any atom is -0.330 e. The average molecular weight is 212 g/mol. The molecule has 0 spiro atoms. The van der Waals surface area contributed by atoms with E-state index in [9.17, 15) is 0 Å². The van der Waals surface area contributed by atoms with Crippen molar-refractivity contribution in [2.24, 2.45) is 16.6 Å². The molecule has 1 heterocycles. The second kappa shape index (κ2) is 4.84. The van der Waals surface area contributed by atoms with Crippen molar-refractivity contribution in [3.8, 4) is 0 Å². The Morgan fingerprint density at radius 2 is 1.87 bits per heavy atom. The van der Waals surface area contributed by atoms with Crippen LogP contribution in [0.5, 0.6) is 0 Å². The Morgan fingerprint density at radius 3 is 2.47 bits per heavy atom. The van der Waals surface area contributed by atoms with E-state index in [-0.39, 0.29) is 5.41 Å². The fourth-order valence-electron chi connectivity index (χ4n) is 2.31. The summed E-state index contributed by atoms with van der Waals surface area (Å²) in [4.78, 5) is 2.60. The number of nitrogens with zero attached hydrogens (tertiary/aromatic N) is 1. The van der Waals surface area contributed by atoms with E-state index in [1.807, 2.05) is 0 Å². The first-order valence-electron chi connectivity index (χ1n) is 6.27. The summed E-state index contributed by atoms with van der Waals surface area (Å²) in [7, 11) is 0. The van der Waals surface area contributed by atoms with Gasteiger partial charge < -0.3 is 10.6 Å². The minimum atomic E-state index is 0.272. The summed E-state index contributed by atoms with van der Waals surface area (Å²) in [5.41, 5.74) is 6.60. The predicted molar refractivity (Wildman–Crippen MR) is 66.9 cm³/mol. The van der Waals surface area contributed by atoms with Gasteiger partial charge in [-0.1, -0.05) is 27.7 Å². The van der Waals surface area contributed by atoms with Gasteiger partial charge in [-0.2, -0.15) is 0 Å². The molecule has 0 radical (unpaired) electrons. The molecule has 15 heavy (non-hydrogen) atoms. The molecule has 0 amide bonds. The van der Waals surface area contributed by atoms with Crippen molar-refractivity contribution in [3.05, 3.63) is 0 Å². The van der Waals surface area contributed by atoms with Crippen LogP contribution in [0.4, 0.5) is 0 Å². The van der Waals surface area contributed by atoms with Gasteiger partial charge in [-0.15, -0.1) is 0 Å². The van der Waals surface area contributed by atoms with E-state index in [0.717, 1.165) is 13.1 Å². The third kappa shape index (κ3) is 4.52. The summed E-state index contributed by atoms with van der Waals surface area (Å²) < 4.78 is 0. The van der Waals surface area contributed by atoms with Crippen LogP contribution in [0.25, 0.3) is 0 Å². The van der Waals surface area contributed by atoms with Crippen LogP contribution in [0.3, 0.4) is 0 Å². The lowest BCUT2D eigenvalue weighted by atomic mass is 9.85. The Morgan fingerprint density at radius 1 is 1.20 bits per heavy atom. The van der Waals surface area contributed by atoms with E-state index in [4.69, 9.17) is 5.73 Å². The molecule has 0 aromatic heterocycles. The molecule has 1 rings (SSSR count). The van der Waals surface area contributed by atoms with Gasteiger partial charge in [-0.25, -0.2) is 0 Å². The van der Waals surface area contributed by atoms with Gasteiger partial charge >= 0.3 is 0 Å². The maximum absolute atomic E-state index is 5.79. The van der Waals surface area contributed by atoms with Crippen molar-refractivity contribution in [2.45, 2.75) is 47.0 Å². The minimum absolute atomic E-state index is 0.272. The van der Waals surface area contributed by atoms with Crippen LogP contribution in [0.15, 0.2) is 0 Å². The predicted octanol–water partition coefficient (Wildman–Crippen LogP) is 2.48. The molecule has 1 saturated heterocycles. The number of rotatable bonds is 3. The van der Waals surface area contributed by atoms with Crippen molar-refractivity contribution in [1.29, 1.82) is 0 Å². The average Bonchev–Trinajstić information content (AvgIpc) is 2.28. The Kier molecular flexibility index (Phi) is 4.19. The summed E-state index contributed by atoms with van der Waals surface area (Å²) in [6.45, 7) is 13.8. The van der Waals surface area contributed by atoms with Gasteiger partial charge in [-0.05, 0) is 49.7 Å². The molecule has 2 heteroatoms. The van der Waals surface area contributed by atoms with Gasteiger partial charge in [0.15, 0.2) is 0 Å². The van der Waals surface area contributed by atoms with Crippen LogP contribution in [0.1, 0.15) is 47.0 Å². The zero-order valence-electron chi connectivity index (χ0n) is 11.0.